The van der Waals surface area contributed by atoms with Gasteiger partial charge in [-0.15, -0.1) is 0 Å². The van der Waals surface area contributed by atoms with E-state index >= 15 is 0 Å². The van der Waals surface area contributed by atoms with Crippen molar-refractivity contribution >= 4 is 72.7 Å². The van der Waals surface area contributed by atoms with Crippen LogP contribution in [0.15, 0.2) is 77.4 Å². The Morgan fingerprint density at radius 3 is 2.09 bits per heavy atom. The van der Waals surface area contributed by atoms with Crippen molar-refractivity contribution in [2.24, 2.45) is 17.3 Å². The highest BCUT2D eigenvalue weighted by atomic mass is 32.1. The first-order chi connectivity index (χ1) is 19.2. The molecule has 1 N–H and O–H groups in total. The molecule has 4 aliphatic rings. The van der Waals surface area contributed by atoms with E-state index in [4.69, 9.17) is 9.05 Å². The predicted octanol–water partition coefficient (Wildman–Crippen LogP) is 8.84. The zero-order valence-corrected chi connectivity index (χ0v) is 30.4. The van der Waals surface area contributed by atoms with Crippen LogP contribution in [-0.4, -0.2) is 30.7 Å². The number of ketones is 1. The molecule has 4 aliphatic carbocycles. The number of carbonyl (C=O) groups is 1. The lowest BCUT2D eigenvalue weighted by atomic mass is 9.51. The molecule has 2 aromatic rings. The molecule has 0 unspecified atom stereocenters. The van der Waals surface area contributed by atoms with Crippen molar-refractivity contribution in [1.82, 2.24) is 0 Å². The maximum atomic E-state index is 13.0. The summed E-state index contributed by atoms with van der Waals surface area (Å²) in [6.45, 7) is 2.24. The molecule has 0 radical (unpaired) electrons. The minimum atomic E-state index is -3.36. The Hall–Kier alpha value is -1.34. The second-order valence-corrected chi connectivity index (χ2v) is 14.2. The average molecular weight is 741 g/mol. The zero-order chi connectivity index (χ0) is 28.1. The quantitative estimate of drug-likeness (QED) is 0.251. The molecule has 0 aliphatic heterocycles. The fraction of sp³-hybridized carbons (Fsp3) is 0.486. The molecule has 0 saturated heterocycles. The Morgan fingerprint density at radius 1 is 0.872 bits per heavy atom. The number of fused-ring (bicyclic) bond motifs is 4. The van der Waals surface area contributed by atoms with E-state index in [2.05, 4.69) is 18.8 Å². The summed E-state index contributed by atoms with van der Waals surface area (Å²) in [5.41, 5.74) is 4.55. The van der Waals surface area contributed by atoms with Crippen LogP contribution in [0.25, 0.3) is 0 Å². The molecule has 5 atom stereocenters. The number of hydrogen-bond acceptors (Lipinski definition) is 5. The summed E-state index contributed by atoms with van der Waals surface area (Å²) in [5.74, 6) is 7.58. The molecule has 0 heterocycles. The summed E-state index contributed by atoms with van der Waals surface area (Å²) in [4.78, 5) is 12.3. The van der Waals surface area contributed by atoms with Gasteiger partial charge in [-0.25, -0.2) is 0 Å². The van der Waals surface area contributed by atoms with Crippen molar-refractivity contribution < 1.29 is 23.5 Å². The molecule has 47 heavy (non-hydrogen) atoms. The van der Waals surface area contributed by atoms with Gasteiger partial charge in [-0.05, 0) is 97.4 Å². The van der Waals surface area contributed by atoms with E-state index in [0.717, 1.165) is 43.2 Å². The summed E-state index contributed by atoms with van der Waals surface area (Å²) >= 11 is 0. The lowest BCUT2D eigenvalue weighted by molar-refractivity contribution is -0.114. The molecule has 2 saturated carbocycles. The van der Waals surface area contributed by atoms with E-state index in [1.807, 2.05) is 60.7 Å². The van der Waals surface area contributed by atoms with Gasteiger partial charge in [0.25, 0.3) is 0 Å². The summed E-state index contributed by atoms with van der Waals surface area (Å²) in [6.07, 6.45) is 7.47. The van der Waals surface area contributed by atoms with Crippen LogP contribution in [0, 0.1) is 29.1 Å². The molecule has 10 heteroatoms. The summed E-state index contributed by atoms with van der Waals surface area (Å²) in [5, 5.41) is 12.8. The topological polar surface area (TPSA) is 72.8 Å². The monoisotopic (exact) mass is 740 g/mol. The van der Waals surface area contributed by atoms with Gasteiger partial charge in [-0.2, -0.15) is 54.0 Å². The fourth-order valence-corrected chi connectivity index (χ4v) is 9.13. The molecule has 0 bridgehead atoms. The van der Waals surface area contributed by atoms with Gasteiger partial charge in [0.2, 0.25) is 0 Å². The number of rotatable bonds is 4. The molecule has 0 spiro atoms. The van der Waals surface area contributed by atoms with Gasteiger partial charge in [-0.3, -0.25) is 9.36 Å². The highest BCUT2D eigenvalue weighted by Crippen LogP contribution is 2.66. The molecular weight excluding hydrogens is 684 g/mol. The van der Waals surface area contributed by atoms with Crippen molar-refractivity contribution in [2.45, 2.75) is 85.7 Å². The molecular formula is C37H57O5PS4. The van der Waals surface area contributed by atoms with Crippen LogP contribution in [0.1, 0.15) is 91.2 Å². The third-order valence-corrected chi connectivity index (χ3v) is 12.1. The van der Waals surface area contributed by atoms with E-state index in [0.29, 0.717) is 30.0 Å². The van der Waals surface area contributed by atoms with Crippen LogP contribution in [0.5, 0.6) is 0 Å². The van der Waals surface area contributed by atoms with Gasteiger partial charge in [-0.1, -0.05) is 76.9 Å². The lowest BCUT2D eigenvalue weighted by Crippen LogP contribution is -2.51. The van der Waals surface area contributed by atoms with Crippen molar-refractivity contribution in [3.05, 3.63) is 88.5 Å². The van der Waals surface area contributed by atoms with E-state index in [1.54, 1.807) is 0 Å². The minimum absolute atomic E-state index is 0. The van der Waals surface area contributed by atoms with Crippen molar-refractivity contribution in [1.29, 1.82) is 0 Å². The van der Waals surface area contributed by atoms with Gasteiger partial charge >= 0.3 is 7.60 Å². The zero-order valence-electron chi connectivity index (χ0n) is 25.5. The summed E-state index contributed by atoms with van der Waals surface area (Å²) in [6, 6.07) is 17.6. The molecule has 0 aromatic heterocycles. The van der Waals surface area contributed by atoms with Gasteiger partial charge in [0.05, 0.1) is 5.30 Å². The highest BCUT2D eigenvalue weighted by molar-refractivity contribution is 7.62. The Kier molecular flexibility index (Phi) is 18.9. The van der Waals surface area contributed by atoms with Gasteiger partial charge in [0.1, 0.15) is 5.60 Å². The van der Waals surface area contributed by atoms with Crippen LogP contribution in [-0.2, 0) is 18.4 Å². The van der Waals surface area contributed by atoms with Crippen LogP contribution in [0.3, 0.4) is 0 Å². The summed E-state index contributed by atoms with van der Waals surface area (Å²) in [7, 11) is -0.564. The van der Waals surface area contributed by atoms with Gasteiger partial charge < -0.3 is 14.2 Å². The van der Waals surface area contributed by atoms with E-state index in [-0.39, 0.29) is 88.0 Å². The third kappa shape index (κ3) is 8.35. The fourth-order valence-electron chi connectivity index (χ4n) is 8.04. The first-order valence-electron chi connectivity index (χ1n) is 14.3. The number of allylic oxidation sites excluding steroid dienone is 4. The Morgan fingerprint density at radius 2 is 1.49 bits per heavy atom. The van der Waals surface area contributed by atoms with Gasteiger partial charge in [0.15, 0.2) is 5.78 Å². The molecule has 264 valence electrons. The van der Waals surface area contributed by atoms with E-state index < -0.39 is 18.6 Å². The first kappa shape index (κ1) is 47.8. The van der Waals surface area contributed by atoms with Crippen molar-refractivity contribution in [3.63, 3.8) is 0 Å². The number of hydrogen-bond donors (Lipinski definition) is 1. The molecule has 6 rings (SSSR count). The SMILES string of the molecule is C.C.C.COP(=O)(OC)c1ccc([C@H]2C[C@@]3(C)[C@@H](CC[C@@]3(O)C#Cc3ccccc3)[C@@H]3CCC4=CC(=O)CCC4=C32)cc1.S.S.S.S. The Bertz CT molecular complexity index is 1510. The predicted molar refractivity (Wildman–Crippen MR) is 218 cm³/mol. The summed E-state index contributed by atoms with van der Waals surface area (Å²) < 4.78 is 23.5. The third-order valence-electron chi connectivity index (χ3n) is 10.2. The standard InChI is InChI=1S/C34H37O5P.3CH4.4H2S/c1-33-22-30(24-9-13-27(14-10-24)40(37,38-2)39-3)32-28-16-12-26(35)21-25(28)11-15-29(32)31(33)18-20-34(33,36)19-17-23-7-5-4-6-8-23;;;;;;;/h4-10,13-14,21,29-31,36H,11-12,15-16,18,20,22H2,1-3H3;3*1H4;4*1H2/t29-,30+,31-,33-,34-;;;;;;;/m0......./s1. The maximum absolute atomic E-state index is 13.0. The maximum Gasteiger partial charge on any atom is 0.360 e. The molecule has 0 amide bonds. The molecule has 5 nitrogen and oxygen atoms in total. The second-order valence-electron chi connectivity index (χ2n) is 12.0. The Labute approximate surface area is 312 Å². The number of aliphatic hydroxyl groups is 1. The molecule has 2 fully saturated rings. The largest absolute Gasteiger partial charge is 0.377 e. The van der Waals surface area contributed by atoms with E-state index in [1.165, 1.54) is 30.9 Å². The van der Waals surface area contributed by atoms with Crippen molar-refractivity contribution in [2.75, 3.05) is 14.2 Å². The first-order valence-corrected chi connectivity index (χ1v) is 15.8. The normalized spacial score (nSPS) is 26.8. The minimum Gasteiger partial charge on any atom is -0.377 e. The molecule has 2 aromatic carbocycles. The van der Waals surface area contributed by atoms with Gasteiger partial charge in [0, 0.05) is 37.5 Å². The van der Waals surface area contributed by atoms with Crippen LogP contribution >= 0.6 is 61.6 Å². The average Bonchev–Trinajstić information content (AvgIpc) is 3.25. The second kappa shape index (κ2) is 18.6. The number of carbonyl (C=O) groups excluding carboxylic acids is 1. The number of benzene rings is 2. The van der Waals surface area contributed by atoms with E-state index in [9.17, 15) is 14.5 Å². The van der Waals surface area contributed by atoms with Crippen LogP contribution < -0.4 is 5.30 Å². The van der Waals surface area contributed by atoms with Crippen molar-refractivity contribution in [3.8, 4) is 11.8 Å². The smallest absolute Gasteiger partial charge is 0.360 e. The highest BCUT2D eigenvalue weighted by Gasteiger charge is 2.62. The van der Waals surface area contributed by atoms with Crippen LogP contribution in [0.2, 0.25) is 0 Å². The van der Waals surface area contributed by atoms with Crippen LogP contribution in [0.4, 0.5) is 0 Å². The lowest BCUT2D eigenvalue weighted by Gasteiger charge is -2.53. The Balaban J connectivity index is 0.